The summed E-state index contributed by atoms with van der Waals surface area (Å²) < 4.78 is 42.5. The molecule has 0 radical (unpaired) electrons. The van der Waals surface area contributed by atoms with E-state index in [9.17, 15) is 28.4 Å². The Bertz CT molecular complexity index is 2800. The third kappa shape index (κ3) is 8.43. The number of ether oxygens (including phenoxy) is 2. The van der Waals surface area contributed by atoms with E-state index in [1.807, 2.05) is 19.1 Å². The molecule has 2 aromatic heterocycles. The number of carbonyl (C=O) groups excluding carboxylic acids is 1. The number of benzene rings is 3. The molecule has 3 saturated carbocycles. The van der Waals surface area contributed by atoms with Gasteiger partial charge in [-0.1, -0.05) is 24.3 Å². The van der Waals surface area contributed by atoms with Crippen LogP contribution in [0.5, 0.6) is 17.2 Å². The van der Waals surface area contributed by atoms with Crippen LogP contribution in [0.15, 0.2) is 88.9 Å². The highest BCUT2D eigenvalue weighted by Gasteiger charge is 2.50. The Hall–Kier alpha value is -5.16. The highest BCUT2D eigenvalue weighted by atomic mass is 32.2. The number of anilines is 1. The summed E-state index contributed by atoms with van der Waals surface area (Å²) in [5.74, 6) is 0.576. The molecule has 346 valence electrons. The fraction of sp³-hybridized carbons (Fsp3) is 0.480. The van der Waals surface area contributed by atoms with Crippen LogP contribution in [0.3, 0.4) is 0 Å². The van der Waals surface area contributed by atoms with Gasteiger partial charge in [-0.05, 0) is 143 Å². The zero-order valence-corrected chi connectivity index (χ0v) is 38.7. The number of nitro benzene ring substituents is 1. The second-order valence-electron chi connectivity index (χ2n) is 20.0. The van der Waals surface area contributed by atoms with Crippen LogP contribution in [0.2, 0.25) is 0 Å². The summed E-state index contributed by atoms with van der Waals surface area (Å²) in [6, 6.07) is 21.4. The normalized spacial score (nSPS) is 25.5. The van der Waals surface area contributed by atoms with E-state index in [1.54, 1.807) is 41.7 Å². The number of fused-ring (bicyclic) bond motifs is 2. The lowest BCUT2D eigenvalue weighted by Gasteiger charge is -2.56. The summed E-state index contributed by atoms with van der Waals surface area (Å²) in [4.78, 5) is 38.4. The molecule has 5 fully saturated rings. The number of aromatic amines is 1. The first kappa shape index (κ1) is 43.4. The summed E-state index contributed by atoms with van der Waals surface area (Å²) in [7, 11) is -4.64. The fourth-order valence-electron chi connectivity index (χ4n) is 11.6. The van der Waals surface area contributed by atoms with E-state index in [2.05, 4.69) is 48.8 Å². The van der Waals surface area contributed by atoms with Crippen LogP contribution in [0, 0.1) is 21.4 Å². The van der Waals surface area contributed by atoms with Crippen molar-refractivity contribution in [2.75, 3.05) is 31.1 Å². The number of hydrogen-bond donors (Lipinski definition) is 3. The van der Waals surface area contributed by atoms with Gasteiger partial charge >= 0.3 is 0 Å². The molecule has 16 heteroatoms. The molecule has 1 spiro atoms. The number of sulfonamides is 1. The van der Waals surface area contributed by atoms with Crippen molar-refractivity contribution in [1.82, 2.24) is 19.6 Å². The van der Waals surface area contributed by atoms with Gasteiger partial charge in [0.15, 0.2) is 0 Å². The van der Waals surface area contributed by atoms with Crippen LogP contribution < -0.4 is 19.1 Å². The van der Waals surface area contributed by atoms with Gasteiger partial charge in [-0.2, -0.15) is 0 Å². The summed E-state index contributed by atoms with van der Waals surface area (Å²) in [6.45, 7) is 4.92. The summed E-state index contributed by atoms with van der Waals surface area (Å²) in [5.41, 5.74) is 3.81. The van der Waals surface area contributed by atoms with Crippen LogP contribution in [0.4, 0.5) is 11.4 Å². The number of rotatable bonds is 11. The first-order chi connectivity index (χ1) is 31.8. The zero-order valence-electron chi connectivity index (χ0n) is 37.1. The Morgan fingerprint density at radius 2 is 1.76 bits per heavy atom. The van der Waals surface area contributed by atoms with Crippen molar-refractivity contribution in [2.24, 2.45) is 11.3 Å². The molecule has 2 saturated heterocycles. The molecular weight excluding hydrogens is 877 g/mol. The Labute approximate surface area is 389 Å². The topological polar surface area (TPSA) is 180 Å². The van der Waals surface area contributed by atoms with Gasteiger partial charge in [0.2, 0.25) is 0 Å². The van der Waals surface area contributed by atoms with Crippen molar-refractivity contribution in [3.8, 4) is 17.2 Å². The minimum Gasteiger partial charge on any atom is -0.491 e. The molecule has 3 aromatic carbocycles. The predicted molar refractivity (Wildman–Crippen MR) is 252 cm³/mol. The maximum atomic E-state index is 14.1. The van der Waals surface area contributed by atoms with Crippen molar-refractivity contribution in [3.05, 3.63) is 106 Å². The zero-order chi connectivity index (χ0) is 45.4. The van der Waals surface area contributed by atoms with Gasteiger partial charge in [0.25, 0.3) is 21.6 Å². The largest absolute Gasteiger partial charge is 0.491 e. The Morgan fingerprint density at radius 1 is 0.985 bits per heavy atom. The van der Waals surface area contributed by atoms with Gasteiger partial charge < -0.3 is 24.5 Å². The van der Waals surface area contributed by atoms with Gasteiger partial charge in [0.05, 0.1) is 27.2 Å². The number of pyridine rings is 1. The number of aliphatic hydroxyl groups is 1. The van der Waals surface area contributed by atoms with Crippen molar-refractivity contribution >= 4 is 50.1 Å². The van der Waals surface area contributed by atoms with Gasteiger partial charge in [-0.15, -0.1) is 11.8 Å². The molecule has 3 N–H and O–H groups in total. The molecule has 6 aliphatic rings. The van der Waals surface area contributed by atoms with Crippen molar-refractivity contribution in [3.63, 3.8) is 0 Å². The van der Waals surface area contributed by atoms with Crippen molar-refractivity contribution < 1.29 is 32.7 Å². The first-order valence-electron chi connectivity index (χ1n) is 23.6. The quantitative estimate of drug-likeness (QED) is 0.0845. The van der Waals surface area contributed by atoms with Crippen LogP contribution in [-0.2, 0) is 10.0 Å². The number of hydrogen-bond acceptors (Lipinski definition) is 12. The number of nitrogens with one attached hydrogen (secondary N) is 2. The summed E-state index contributed by atoms with van der Waals surface area (Å²) in [6.07, 6.45) is 15.7. The number of nitro groups is 1. The lowest BCUT2D eigenvalue weighted by Crippen LogP contribution is -2.54. The standard InChI is InChI=1S/C50H56N6O8S2/c1-49(58)15-12-32(13-16-49)45-30-63-44-26-37(25-42(56(59)60)46(44)65-45)66(61,62)53-48(57)40-11-10-34(24-43(40)64-36-23-33-14-19-51-47(33)52-29-36)54-21-17-50(18-22-54)27-35(28-50)55-20-4-7-41(55)39-6-3-2-5-38(39)31-8-9-31/h2-3,5-6,10-11,14,19,23-26,29,31-32,35,41,45,58H,4,7-9,12-13,15-18,20-22,27-28,30H2,1H3,(H,51,52)(H,53,57)/t32-,41-,45+,49-/m0/s1. The van der Waals surface area contributed by atoms with Gasteiger partial charge in [-0.3, -0.25) is 19.8 Å². The molecule has 14 nitrogen and oxygen atoms in total. The van der Waals surface area contributed by atoms with Crippen molar-refractivity contribution in [1.29, 1.82) is 0 Å². The van der Waals surface area contributed by atoms with Gasteiger partial charge in [-0.25, -0.2) is 18.1 Å². The molecule has 1 amide bonds. The minimum atomic E-state index is -4.64. The van der Waals surface area contributed by atoms with Crippen LogP contribution in [0.25, 0.3) is 11.0 Å². The maximum Gasteiger partial charge on any atom is 0.288 e. The van der Waals surface area contributed by atoms with Crippen molar-refractivity contribution in [2.45, 2.75) is 123 Å². The number of H-pyrrole nitrogens is 1. The summed E-state index contributed by atoms with van der Waals surface area (Å²) in [5, 5.41) is 23.6. The molecule has 2 atom stereocenters. The minimum absolute atomic E-state index is 0.0243. The van der Waals surface area contributed by atoms with Crippen LogP contribution in [-0.4, -0.2) is 82.4 Å². The number of nitrogens with zero attached hydrogens (tertiary/aromatic N) is 4. The van der Waals surface area contributed by atoms with E-state index in [4.69, 9.17) is 9.47 Å². The van der Waals surface area contributed by atoms with Gasteiger partial charge in [0, 0.05) is 65.9 Å². The number of likely N-dealkylation sites (tertiary alicyclic amines) is 1. The first-order valence-corrected chi connectivity index (χ1v) is 25.9. The molecule has 0 unspecified atom stereocenters. The average Bonchev–Trinajstić information content (AvgIpc) is 3.84. The van der Waals surface area contributed by atoms with E-state index in [0.717, 1.165) is 61.8 Å². The number of piperidine rings is 1. The van der Waals surface area contributed by atoms with Crippen LogP contribution in [0.1, 0.15) is 117 Å². The Morgan fingerprint density at radius 3 is 2.52 bits per heavy atom. The monoisotopic (exact) mass is 932 g/mol. The van der Waals surface area contributed by atoms with Gasteiger partial charge in [0.1, 0.15) is 34.4 Å². The number of thioether (sulfide) groups is 1. The smallest absolute Gasteiger partial charge is 0.288 e. The van der Waals surface area contributed by atoms with Crippen LogP contribution >= 0.6 is 11.8 Å². The van der Waals surface area contributed by atoms with E-state index < -0.39 is 37.0 Å². The Balaban J connectivity index is 0.801. The lowest BCUT2D eigenvalue weighted by atomic mass is 9.59. The highest BCUT2D eigenvalue weighted by Crippen LogP contribution is 2.55. The van der Waals surface area contributed by atoms with E-state index in [-0.39, 0.29) is 39.7 Å². The molecule has 66 heavy (non-hydrogen) atoms. The third-order valence-corrected chi connectivity index (χ3v) is 18.3. The molecule has 11 rings (SSSR count). The maximum absolute atomic E-state index is 14.1. The second kappa shape index (κ2) is 16.9. The molecule has 5 heterocycles. The predicted octanol–water partition coefficient (Wildman–Crippen LogP) is 9.64. The highest BCUT2D eigenvalue weighted by molar-refractivity contribution is 8.00. The van der Waals surface area contributed by atoms with E-state index >= 15 is 0 Å². The fourth-order valence-corrected chi connectivity index (χ4v) is 14.0. The number of amides is 1. The average molecular weight is 933 g/mol. The molecule has 5 aromatic rings. The molecule has 0 bridgehead atoms. The SMILES string of the molecule is C[C@]1(O)CC[C@H]([C@H]2COc3cc(S(=O)(=O)NC(=O)c4ccc(N5CCC6(CC5)CC(N5CCC[C@H]5c5ccccc5C5CC5)C6)cc4Oc4cnc5[nH]ccc5c4)cc([N+](=O)[O-])c3S2)CC1. The Kier molecular flexibility index (Phi) is 11.1. The summed E-state index contributed by atoms with van der Waals surface area (Å²) >= 11 is 1.32. The lowest BCUT2D eigenvalue weighted by molar-refractivity contribution is -0.388. The molecule has 3 aliphatic carbocycles. The molecular formula is C50H56N6O8S2. The van der Waals surface area contributed by atoms with E-state index in [1.165, 1.54) is 62.9 Å². The third-order valence-electron chi connectivity index (χ3n) is 15.5. The second-order valence-corrected chi connectivity index (χ2v) is 22.9. The number of carbonyl (C=O) groups is 1. The van der Waals surface area contributed by atoms with E-state index in [0.29, 0.717) is 41.7 Å². The molecule has 3 aliphatic heterocycles. The number of aromatic nitrogens is 2.